The van der Waals surface area contributed by atoms with Crippen molar-refractivity contribution in [3.8, 4) is 11.5 Å². The number of carbonyl (C=O) groups excluding carboxylic acids is 1. The topological polar surface area (TPSA) is 59.0 Å². The van der Waals surface area contributed by atoms with Gasteiger partial charge in [-0.25, -0.2) is 0 Å². The number of benzene rings is 2. The van der Waals surface area contributed by atoms with Crippen molar-refractivity contribution in [3.63, 3.8) is 0 Å². The normalized spacial score (nSPS) is 26.5. The second-order valence-corrected chi connectivity index (χ2v) is 8.12. The van der Waals surface area contributed by atoms with E-state index in [0.717, 1.165) is 31.2 Å². The lowest BCUT2D eigenvalue weighted by Crippen LogP contribution is -2.56. The maximum Gasteiger partial charge on any atom is 0.254 e. The minimum Gasteiger partial charge on any atom is -0.497 e. The first-order valence-electron chi connectivity index (χ1n) is 10.4. The third kappa shape index (κ3) is 3.60. The highest BCUT2D eigenvalue weighted by Gasteiger charge is 2.50. The van der Waals surface area contributed by atoms with Gasteiger partial charge in [0.25, 0.3) is 5.91 Å². The number of piperidine rings is 1. The van der Waals surface area contributed by atoms with Gasteiger partial charge in [-0.15, -0.1) is 0 Å². The molecule has 4 rings (SSSR count). The number of amides is 1. The molecule has 0 radical (unpaired) electrons. The lowest BCUT2D eigenvalue weighted by atomic mass is 9.66. The predicted molar refractivity (Wildman–Crippen MR) is 111 cm³/mol. The molecule has 1 saturated heterocycles. The van der Waals surface area contributed by atoms with Crippen molar-refractivity contribution in [2.24, 2.45) is 5.92 Å². The van der Waals surface area contributed by atoms with Crippen molar-refractivity contribution in [1.29, 1.82) is 0 Å². The third-order valence-electron chi connectivity index (χ3n) is 6.61. The Bertz CT molecular complexity index is 868. The number of aliphatic hydroxyl groups is 1. The zero-order chi connectivity index (χ0) is 20.4. The number of hydrogen-bond donors (Lipinski definition) is 1. The van der Waals surface area contributed by atoms with Crippen LogP contribution in [0, 0.1) is 5.92 Å². The maximum absolute atomic E-state index is 13.5. The second kappa shape index (κ2) is 8.07. The largest absolute Gasteiger partial charge is 0.497 e. The van der Waals surface area contributed by atoms with Crippen LogP contribution in [0.15, 0.2) is 48.5 Å². The van der Waals surface area contributed by atoms with Gasteiger partial charge >= 0.3 is 0 Å². The zero-order valence-electron chi connectivity index (χ0n) is 17.1. The lowest BCUT2D eigenvalue weighted by molar-refractivity contribution is -0.115. The number of rotatable bonds is 4. The Balaban J connectivity index is 1.80. The fourth-order valence-corrected chi connectivity index (χ4v) is 5.10. The number of fused-ring (bicyclic) bond motifs is 1. The van der Waals surface area contributed by atoms with Crippen LogP contribution in [0.25, 0.3) is 0 Å². The Morgan fingerprint density at radius 3 is 2.59 bits per heavy atom. The van der Waals surface area contributed by atoms with Crippen LogP contribution in [0.3, 0.4) is 0 Å². The summed E-state index contributed by atoms with van der Waals surface area (Å²) < 4.78 is 11.0. The molecule has 3 atom stereocenters. The SMILES string of the molecule is COc1ccc([C@@H]2[C@@H]3CCCC[C@]3(O)CCN2C(=O)c2ccccc2)c(OC)c1. The van der Waals surface area contributed by atoms with Crippen LogP contribution in [0.2, 0.25) is 0 Å². The summed E-state index contributed by atoms with van der Waals surface area (Å²) >= 11 is 0. The summed E-state index contributed by atoms with van der Waals surface area (Å²) in [4.78, 5) is 15.4. The lowest BCUT2D eigenvalue weighted by Gasteiger charge is -2.52. The molecular formula is C24H29NO4. The monoisotopic (exact) mass is 395 g/mol. The molecule has 2 aromatic carbocycles. The van der Waals surface area contributed by atoms with Gasteiger partial charge in [0.1, 0.15) is 11.5 Å². The van der Waals surface area contributed by atoms with Crippen LogP contribution in [0.4, 0.5) is 0 Å². The zero-order valence-corrected chi connectivity index (χ0v) is 17.1. The molecule has 0 unspecified atom stereocenters. The van der Waals surface area contributed by atoms with Crippen molar-refractivity contribution >= 4 is 5.91 Å². The highest BCUT2D eigenvalue weighted by Crippen LogP contribution is 2.51. The van der Waals surface area contributed by atoms with Crippen molar-refractivity contribution in [2.75, 3.05) is 20.8 Å². The Morgan fingerprint density at radius 2 is 1.86 bits per heavy atom. The molecule has 5 nitrogen and oxygen atoms in total. The number of hydrogen-bond acceptors (Lipinski definition) is 4. The van der Waals surface area contributed by atoms with E-state index >= 15 is 0 Å². The predicted octanol–water partition coefficient (Wildman–Crippen LogP) is 4.21. The smallest absolute Gasteiger partial charge is 0.254 e. The fraction of sp³-hybridized carbons (Fsp3) is 0.458. The van der Waals surface area contributed by atoms with E-state index in [1.165, 1.54) is 0 Å². The molecule has 1 heterocycles. The summed E-state index contributed by atoms with van der Waals surface area (Å²) in [6.45, 7) is 0.528. The van der Waals surface area contributed by atoms with Crippen LogP contribution in [0.1, 0.15) is 54.1 Å². The standard InChI is InChI=1S/C24H29NO4/c1-28-18-11-12-19(21(16-18)29-2)22-20-10-6-7-13-24(20,27)14-15-25(22)23(26)17-8-4-3-5-9-17/h3-5,8-9,11-12,16,20,22,27H,6-7,10,13-15H2,1-2H3/t20-,22+,24-/m0/s1. The first kappa shape index (κ1) is 19.8. The summed E-state index contributed by atoms with van der Waals surface area (Å²) in [5.74, 6) is 1.39. The molecule has 2 aliphatic rings. The molecule has 1 N–H and O–H groups in total. The van der Waals surface area contributed by atoms with Crippen LogP contribution < -0.4 is 9.47 Å². The van der Waals surface area contributed by atoms with Gasteiger partial charge in [-0.1, -0.05) is 31.0 Å². The number of nitrogens with zero attached hydrogens (tertiary/aromatic N) is 1. The molecule has 1 saturated carbocycles. The molecule has 154 valence electrons. The van der Waals surface area contributed by atoms with Gasteiger partial charge in [0.05, 0.1) is 25.9 Å². The average molecular weight is 395 g/mol. The highest BCUT2D eigenvalue weighted by atomic mass is 16.5. The van der Waals surface area contributed by atoms with Crippen LogP contribution in [0.5, 0.6) is 11.5 Å². The summed E-state index contributed by atoms with van der Waals surface area (Å²) in [7, 11) is 3.26. The summed E-state index contributed by atoms with van der Waals surface area (Å²) in [6.07, 6.45) is 4.40. The van der Waals surface area contributed by atoms with E-state index in [2.05, 4.69) is 0 Å². The number of likely N-dealkylation sites (tertiary alicyclic amines) is 1. The van der Waals surface area contributed by atoms with Gasteiger partial charge in [-0.3, -0.25) is 4.79 Å². The van der Waals surface area contributed by atoms with E-state index < -0.39 is 5.60 Å². The van der Waals surface area contributed by atoms with Crippen molar-refractivity contribution in [1.82, 2.24) is 4.90 Å². The number of methoxy groups -OCH3 is 2. The minimum absolute atomic E-state index is 0.00101. The Kier molecular flexibility index (Phi) is 5.50. The summed E-state index contributed by atoms with van der Waals surface area (Å²) in [6, 6.07) is 14.9. The fourth-order valence-electron chi connectivity index (χ4n) is 5.10. The molecule has 5 heteroatoms. The van der Waals surface area contributed by atoms with Gasteiger partial charge in [0, 0.05) is 29.7 Å². The first-order valence-corrected chi connectivity index (χ1v) is 10.4. The van der Waals surface area contributed by atoms with Crippen molar-refractivity contribution in [2.45, 2.75) is 43.7 Å². The van der Waals surface area contributed by atoms with Crippen molar-refractivity contribution < 1.29 is 19.4 Å². The molecule has 2 aromatic rings. The molecule has 29 heavy (non-hydrogen) atoms. The van der Waals surface area contributed by atoms with Gasteiger partial charge in [-0.2, -0.15) is 0 Å². The highest BCUT2D eigenvalue weighted by molar-refractivity contribution is 5.94. The molecule has 1 amide bonds. The Hall–Kier alpha value is -2.53. The molecule has 0 spiro atoms. The van der Waals surface area contributed by atoms with Crippen LogP contribution >= 0.6 is 0 Å². The van der Waals surface area contributed by atoms with Crippen molar-refractivity contribution in [3.05, 3.63) is 59.7 Å². The molecule has 1 aliphatic heterocycles. The quantitative estimate of drug-likeness (QED) is 0.842. The van der Waals surface area contributed by atoms with Gasteiger partial charge in [0.15, 0.2) is 0 Å². The summed E-state index contributed by atoms with van der Waals surface area (Å²) in [5, 5.41) is 11.5. The van der Waals surface area contributed by atoms with Crippen LogP contribution in [-0.2, 0) is 0 Å². The third-order valence-corrected chi connectivity index (χ3v) is 6.61. The molecule has 2 fully saturated rings. The van der Waals surface area contributed by atoms with Gasteiger partial charge in [-0.05, 0) is 43.5 Å². The Morgan fingerprint density at radius 1 is 1.07 bits per heavy atom. The minimum atomic E-state index is -0.735. The number of carbonyl (C=O) groups is 1. The van der Waals surface area contributed by atoms with E-state index in [4.69, 9.17) is 9.47 Å². The van der Waals surface area contributed by atoms with E-state index in [9.17, 15) is 9.90 Å². The van der Waals surface area contributed by atoms with Gasteiger partial charge in [0.2, 0.25) is 0 Å². The molecule has 0 bridgehead atoms. The molecule has 0 aromatic heterocycles. The average Bonchev–Trinajstić information content (AvgIpc) is 2.77. The van der Waals surface area contributed by atoms with Crippen LogP contribution in [-0.4, -0.2) is 42.3 Å². The number of ether oxygens (including phenoxy) is 2. The molecular weight excluding hydrogens is 366 g/mol. The maximum atomic E-state index is 13.5. The van der Waals surface area contributed by atoms with E-state index in [1.54, 1.807) is 14.2 Å². The summed E-state index contributed by atoms with van der Waals surface area (Å²) in [5.41, 5.74) is 0.871. The molecule has 1 aliphatic carbocycles. The van der Waals surface area contributed by atoms with Gasteiger partial charge < -0.3 is 19.5 Å². The first-order chi connectivity index (χ1) is 14.1. The van der Waals surface area contributed by atoms with E-state index in [0.29, 0.717) is 30.0 Å². The second-order valence-electron chi connectivity index (χ2n) is 8.12. The van der Waals surface area contributed by atoms with E-state index in [1.807, 2.05) is 53.4 Å². The Labute approximate surface area is 172 Å². The van der Waals surface area contributed by atoms with E-state index in [-0.39, 0.29) is 17.9 Å².